The molecule has 1 N–H and O–H groups in total. The van der Waals surface area contributed by atoms with Gasteiger partial charge in [-0.15, -0.1) is 0 Å². The number of carboxylic acids is 1. The van der Waals surface area contributed by atoms with Gasteiger partial charge in [0.15, 0.2) is 5.82 Å². The molecule has 0 aliphatic heterocycles. The van der Waals surface area contributed by atoms with Gasteiger partial charge < -0.3 is 5.11 Å². The molecule has 0 bridgehead atoms. The van der Waals surface area contributed by atoms with Crippen LogP contribution < -0.4 is 0 Å². The van der Waals surface area contributed by atoms with Crippen LogP contribution in [0.1, 0.15) is 5.69 Å². The number of aromatic nitrogens is 4. The van der Waals surface area contributed by atoms with Gasteiger partial charge in [-0.1, -0.05) is 6.07 Å². The lowest BCUT2D eigenvalue weighted by atomic mass is 10.3. The second-order valence-electron chi connectivity index (χ2n) is 3.89. The SMILES string of the molecule is O=C(O)/C=C/c1c(-n2ccnc2)nc2ccccn12. The number of nitrogens with zero attached hydrogens (tertiary/aromatic N) is 4. The van der Waals surface area contributed by atoms with E-state index in [1.807, 2.05) is 28.8 Å². The van der Waals surface area contributed by atoms with Crippen LogP contribution >= 0.6 is 0 Å². The van der Waals surface area contributed by atoms with Gasteiger partial charge in [0.05, 0.1) is 5.69 Å². The maximum Gasteiger partial charge on any atom is 0.328 e. The van der Waals surface area contributed by atoms with E-state index < -0.39 is 5.97 Å². The second-order valence-corrected chi connectivity index (χ2v) is 3.89. The largest absolute Gasteiger partial charge is 0.478 e. The maximum absolute atomic E-state index is 10.7. The Bertz CT molecular complexity index is 756. The summed E-state index contributed by atoms with van der Waals surface area (Å²) in [6.45, 7) is 0. The molecule has 0 radical (unpaired) electrons. The fourth-order valence-corrected chi connectivity index (χ4v) is 1.88. The summed E-state index contributed by atoms with van der Waals surface area (Å²) in [7, 11) is 0. The van der Waals surface area contributed by atoms with Gasteiger partial charge in [0.1, 0.15) is 12.0 Å². The summed E-state index contributed by atoms with van der Waals surface area (Å²) in [6, 6.07) is 5.60. The molecule has 0 aromatic carbocycles. The molecule has 0 atom stereocenters. The maximum atomic E-state index is 10.7. The van der Waals surface area contributed by atoms with Crippen molar-refractivity contribution >= 4 is 17.7 Å². The van der Waals surface area contributed by atoms with E-state index in [0.29, 0.717) is 11.5 Å². The summed E-state index contributed by atoms with van der Waals surface area (Å²) < 4.78 is 3.57. The molecule has 19 heavy (non-hydrogen) atoms. The summed E-state index contributed by atoms with van der Waals surface area (Å²) in [5, 5.41) is 8.77. The Balaban J connectivity index is 2.25. The van der Waals surface area contributed by atoms with Crippen LogP contribution in [0.25, 0.3) is 17.5 Å². The Labute approximate surface area is 108 Å². The van der Waals surface area contributed by atoms with E-state index in [1.54, 1.807) is 23.3 Å². The average molecular weight is 254 g/mol. The van der Waals surface area contributed by atoms with E-state index in [2.05, 4.69) is 9.97 Å². The predicted octanol–water partition coefficient (Wildman–Crippen LogP) is 1.62. The van der Waals surface area contributed by atoms with E-state index in [1.165, 1.54) is 6.08 Å². The third-order valence-corrected chi connectivity index (χ3v) is 2.68. The van der Waals surface area contributed by atoms with Gasteiger partial charge >= 0.3 is 5.97 Å². The minimum Gasteiger partial charge on any atom is -0.478 e. The molecular formula is C13H10N4O2. The zero-order chi connectivity index (χ0) is 13.2. The van der Waals surface area contributed by atoms with Crippen LogP contribution in [0.15, 0.2) is 49.2 Å². The van der Waals surface area contributed by atoms with Gasteiger partial charge in [-0.2, -0.15) is 0 Å². The molecule has 0 unspecified atom stereocenters. The molecule has 0 aliphatic carbocycles. The average Bonchev–Trinajstić information content (AvgIpc) is 3.03. The summed E-state index contributed by atoms with van der Waals surface area (Å²) in [6.07, 6.45) is 9.49. The number of pyridine rings is 1. The highest BCUT2D eigenvalue weighted by Gasteiger charge is 2.11. The molecule has 6 nitrogen and oxygen atoms in total. The first kappa shape index (κ1) is 11.2. The lowest BCUT2D eigenvalue weighted by molar-refractivity contribution is -0.131. The molecule has 0 amide bonds. The van der Waals surface area contributed by atoms with Gasteiger partial charge in [0.2, 0.25) is 0 Å². The Morgan fingerprint density at radius 1 is 1.32 bits per heavy atom. The van der Waals surface area contributed by atoms with Crippen molar-refractivity contribution < 1.29 is 9.90 Å². The zero-order valence-corrected chi connectivity index (χ0v) is 9.84. The number of aliphatic carboxylic acids is 1. The lowest BCUT2D eigenvalue weighted by Gasteiger charge is -1.99. The van der Waals surface area contributed by atoms with Gasteiger partial charge in [-0.3, -0.25) is 8.97 Å². The van der Waals surface area contributed by atoms with E-state index in [9.17, 15) is 4.79 Å². The number of hydrogen-bond acceptors (Lipinski definition) is 3. The number of fused-ring (bicyclic) bond motifs is 1. The molecule has 0 saturated heterocycles. The van der Waals surface area contributed by atoms with Crippen molar-refractivity contribution in [2.24, 2.45) is 0 Å². The third-order valence-electron chi connectivity index (χ3n) is 2.68. The highest BCUT2D eigenvalue weighted by Crippen LogP contribution is 2.18. The summed E-state index contributed by atoms with van der Waals surface area (Å²) in [4.78, 5) is 19.1. The number of rotatable bonds is 3. The number of imidazole rings is 2. The Morgan fingerprint density at radius 3 is 2.95 bits per heavy atom. The van der Waals surface area contributed by atoms with Crippen molar-refractivity contribution in [3.63, 3.8) is 0 Å². The van der Waals surface area contributed by atoms with Crippen LogP contribution in [0.4, 0.5) is 0 Å². The molecule has 0 spiro atoms. The Kier molecular flexibility index (Phi) is 2.60. The minimum atomic E-state index is -0.998. The monoisotopic (exact) mass is 254 g/mol. The van der Waals surface area contributed by atoms with Crippen LogP contribution in [-0.2, 0) is 4.79 Å². The van der Waals surface area contributed by atoms with Crippen molar-refractivity contribution in [1.82, 2.24) is 18.9 Å². The fraction of sp³-hybridized carbons (Fsp3) is 0. The number of hydrogen-bond donors (Lipinski definition) is 1. The molecule has 0 aliphatic rings. The van der Waals surface area contributed by atoms with Gasteiger partial charge in [-0.25, -0.2) is 14.8 Å². The van der Waals surface area contributed by atoms with E-state index >= 15 is 0 Å². The van der Waals surface area contributed by atoms with Gasteiger partial charge in [-0.05, 0) is 18.2 Å². The first-order chi connectivity index (χ1) is 9.25. The summed E-state index contributed by atoms with van der Waals surface area (Å²) in [5.74, 6) is -0.358. The van der Waals surface area contributed by atoms with Crippen molar-refractivity contribution in [2.45, 2.75) is 0 Å². The molecule has 0 saturated carbocycles. The predicted molar refractivity (Wildman–Crippen MR) is 69.0 cm³/mol. The zero-order valence-electron chi connectivity index (χ0n) is 9.84. The van der Waals surface area contributed by atoms with Gasteiger partial charge in [0, 0.05) is 24.7 Å². The highest BCUT2D eigenvalue weighted by atomic mass is 16.4. The molecule has 3 rings (SSSR count). The van der Waals surface area contributed by atoms with Crippen LogP contribution in [0.3, 0.4) is 0 Å². The van der Waals surface area contributed by atoms with E-state index in [-0.39, 0.29) is 0 Å². The van der Waals surface area contributed by atoms with Crippen LogP contribution in [0.5, 0.6) is 0 Å². The molecule has 3 aromatic rings. The smallest absolute Gasteiger partial charge is 0.328 e. The minimum absolute atomic E-state index is 0.640. The van der Waals surface area contributed by atoms with Crippen molar-refractivity contribution in [3.05, 3.63) is 54.9 Å². The molecule has 0 fully saturated rings. The first-order valence-corrected chi connectivity index (χ1v) is 5.62. The first-order valence-electron chi connectivity index (χ1n) is 5.62. The number of carbonyl (C=O) groups is 1. The number of carboxylic acid groups (broad SMARTS) is 1. The quantitative estimate of drug-likeness (QED) is 0.721. The molecule has 3 aromatic heterocycles. The molecule has 94 valence electrons. The van der Waals surface area contributed by atoms with Crippen molar-refractivity contribution in [1.29, 1.82) is 0 Å². The van der Waals surface area contributed by atoms with Crippen LogP contribution in [0.2, 0.25) is 0 Å². The van der Waals surface area contributed by atoms with E-state index in [0.717, 1.165) is 11.7 Å². The van der Waals surface area contributed by atoms with E-state index in [4.69, 9.17) is 5.11 Å². The molecular weight excluding hydrogens is 244 g/mol. The summed E-state index contributed by atoms with van der Waals surface area (Å²) >= 11 is 0. The Hall–Kier alpha value is -2.89. The molecule has 6 heteroatoms. The fourth-order valence-electron chi connectivity index (χ4n) is 1.88. The standard InChI is InChI=1S/C13H10N4O2/c18-12(19)5-4-10-13(16-8-6-14-9-16)15-11-3-1-2-7-17(10)11/h1-9H,(H,18,19)/b5-4+. The van der Waals surface area contributed by atoms with Crippen molar-refractivity contribution in [2.75, 3.05) is 0 Å². The van der Waals surface area contributed by atoms with Crippen molar-refractivity contribution in [3.8, 4) is 5.82 Å². The van der Waals surface area contributed by atoms with Crippen LogP contribution in [-0.4, -0.2) is 30.0 Å². The van der Waals surface area contributed by atoms with Crippen LogP contribution in [0, 0.1) is 0 Å². The highest BCUT2D eigenvalue weighted by molar-refractivity contribution is 5.86. The normalized spacial score (nSPS) is 11.4. The topological polar surface area (TPSA) is 72.4 Å². The molecule has 3 heterocycles. The Morgan fingerprint density at radius 2 is 2.21 bits per heavy atom. The third kappa shape index (κ3) is 1.99. The lowest BCUT2D eigenvalue weighted by Crippen LogP contribution is -1.95. The summed E-state index contributed by atoms with van der Waals surface area (Å²) in [5.41, 5.74) is 1.44. The second kappa shape index (κ2) is 4.41. The van der Waals surface area contributed by atoms with Gasteiger partial charge in [0.25, 0.3) is 0 Å².